The number of nitrogens with one attached hydrogen (secondary N) is 1. The first-order valence-electron chi connectivity index (χ1n) is 15.1. The molecule has 0 unspecified atom stereocenters. The van der Waals surface area contributed by atoms with Crippen LogP contribution in [-0.4, -0.2) is 59.3 Å². The molecule has 3 N–H and O–H groups in total. The van der Waals surface area contributed by atoms with Crippen molar-refractivity contribution in [3.63, 3.8) is 0 Å². The SMILES string of the molecule is CC1(C)[C@@H]2C[C@H]3OB([C@H](CCCc4ccccc4)NC(=O)[C@@H](COC4CC4)c4nccnc4C(N)=O)O[C@@]3(C)[C@H]1C2. The number of nitrogens with two attached hydrogens (primary N) is 1. The number of carbonyl (C=O) groups is 2. The van der Waals surface area contributed by atoms with Crippen LogP contribution < -0.4 is 11.1 Å². The van der Waals surface area contributed by atoms with Crippen LogP contribution in [0.5, 0.6) is 0 Å². The van der Waals surface area contributed by atoms with Crippen LogP contribution in [0.2, 0.25) is 0 Å². The molecule has 1 saturated heterocycles. The van der Waals surface area contributed by atoms with Gasteiger partial charge in [-0.2, -0.15) is 0 Å². The van der Waals surface area contributed by atoms with E-state index < -0.39 is 18.9 Å². The first kappa shape index (κ1) is 28.3. The quantitative estimate of drug-likeness (QED) is 0.380. The number of hydrogen-bond donors (Lipinski definition) is 2. The van der Waals surface area contributed by atoms with Gasteiger partial charge in [0.15, 0.2) is 0 Å². The zero-order valence-corrected chi connectivity index (χ0v) is 24.3. The summed E-state index contributed by atoms with van der Waals surface area (Å²) in [7, 11) is -0.567. The summed E-state index contributed by atoms with van der Waals surface area (Å²) in [4.78, 5) is 34.7. The molecular formula is C31H41BN4O5. The van der Waals surface area contributed by atoms with E-state index in [1.807, 2.05) is 18.2 Å². The Balaban J connectivity index is 1.23. The van der Waals surface area contributed by atoms with E-state index in [4.69, 9.17) is 19.8 Å². The van der Waals surface area contributed by atoms with Gasteiger partial charge in [-0.05, 0) is 74.7 Å². The molecule has 10 heteroatoms. The Kier molecular flexibility index (Phi) is 7.68. The summed E-state index contributed by atoms with van der Waals surface area (Å²) in [6, 6.07) is 10.3. The number of aryl methyl sites for hydroxylation is 1. The maximum Gasteiger partial charge on any atom is 0.481 e. The van der Waals surface area contributed by atoms with Gasteiger partial charge in [0.2, 0.25) is 5.91 Å². The summed E-state index contributed by atoms with van der Waals surface area (Å²) < 4.78 is 19.4. The maximum atomic E-state index is 14.0. The largest absolute Gasteiger partial charge is 0.481 e. The summed E-state index contributed by atoms with van der Waals surface area (Å²) >= 11 is 0. The molecule has 4 aliphatic carbocycles. The summed E-state index contributed by atoms with van der Waals surface area (Å²) in [6.45, 7) is 6.96. The molecule has 2 amide bonds. The van der Waals surface area contributed by atoms with Crippen molar-refractivity contribution in [1.82, 2.24) is 15.3 Å². The second-order valence-electron chi connectivity index (χ2n) is 13.1. The molecule has 218 valence electrons. The van der Waals surface area contributed by atoms with Gasteiger partial charge in [0, 0.05) is 12.4 Å². The van der Waals surface area contributed by atoms with E-state index in [9.17, 15) is 9.59 Å². The molecule has 0 spiro atoms. The van der Waals surface area contributed by atoms with Crippen LogP contribution in [0.3, 0.4) is 0 Å². The van der Waals surface area contributed by atoms with Crippen molar-refractivity contribution in [3.05, 3.63) is 59.7 Å². The summed E-state index contributed by atoms with van der Waals surface area (Å²) in [6.07, 6.45) is 9.45. The highest BCUT2D eigenvalue weighted by atomic mass is 16.7. The van der Waals surface area contributed by atoms with Gasteiger partial charge in [-0.3, -0.25) is 14.6 Å². The number of nitrogens with zero attached hydrogens (tertiary/aromatic N) is 2. The van der Waals surface area contributed by atoms with E-state index in [0.29, 0.717) is 18.3 Å². The Morgan fingerprint density at radius 1 is 1.15 bits per heavy atom. The normalized spacial score (nSPS) is 29.2. The second kappa shape index (κ2) is 11.1. The topological polar surface area (TPSA) is 126 Å². The van der Waals surface area contributed by atoms with E-state index in [2.05, 4.69) is 48.2 Å². The molecule has 1 aromatic heterocycles. The average molecular weight is 561 g/mol. The van der Waals surface area contributed by atoms with E-state index in [1.165, 1.54) is 18.0 Å². The number of ether oxygens (including phenoxy) is 1. The summed E-state index contributed by atoms with van der Waals surface area (Å²) in [5.74, 6) is -1.19. The van der Waals surface area contributed by atoms with Crippen molar-refractivity contribution in [1.29, 1.82) is 0 Å². The van der Waals surface area contributed by atoms with Gasteiger partial charge in [-0.1, -0.05) is 44.2 Å². The zero-order valence-electron chi connectivity index (χ0n) is 24.3. The Bertz CT molecular complexity index is 1270. The molecule has 6 atom stereocenters. The van der Waals surface area contributed by atoms with Crippen LogP contribution in [0.4, 0.5) is 0 Å². The minimum atomic E-state index is -0.838. The maximum absolute atomic E-state index is 14.0. The van der Waals surface area contributed by atoms with E-state index in [1.54, 1.807) is 0 Å². The highest BCUT2D eigenvalue weighted by Crippen LogP contribution is 2.65. The highest BCUT2D eigenvalue weighted by Gasteiger charge is 2.68. The van der Waals surface area contributed by atoms with Crippen LogP contribution in [-0.2, 0) is 25.3 Å². The first-order valence-corrected chi connectivity index (χ1v) is 15.1. The van der Waals surface area contributed by atoms with Crippen molar-refractivity contribution in [3.8, 4) is 0 Å². The molecule has 1 aliphatic heterocycles. The van der Waals surface area contributed by atoms with Crippen LogP contribution in [0.15, 0.2) is 42.7 Å². The molecule has 5 fully saturated rings. The van der Waals surface area contributed by atoms with Gasteiger partial charge in [-0.15, -0.1) is 0 Å². The van der Waals surface area contributed by atoms with E-state index >= 15 is 0 Å². The third kappa shape index (κ3) is 5.54. The fraction of sp³-hybridized carbons (Fsp3) is 0.613. The third-order valence-corrected chi connectivity index (χ3v) is 10.1. The lowest BCUT2D eigenvalue weighted by Crippen LogP contribution is -2.65. The van der Waals surface area contributed by atoms with Crippen molar-refractivity contribution >= 4 is 18.9 Å². The standard InChI is InChI=1S/C31H41BN4O5/c1-30(2)20-16-23(30)31(3)24(17-20)40-32(41-31)25(11-7-10-19-8-5-4-6-9-19)36-29(38)22(18-39-21-12-13-21)26-27(28(33)37)35-15-14-34-26/h4-6,8-9,14-15,20-25H,7,10-13,16-18H2,1-3H3,(H2,33,37)(H,36,38)/t20-,22-,23-,24+,25-,31-/m0/s1. The molecule has 1 aromatic carbocycles. The molecule has 7 rings (SSSR count). The molecule has 4 saturated carbocycles. The minimum absolute atomic E-state index is 0.00764. The Hall–Kier alpha value is -2.82. The average Bonchev–Trinajstić information content (AvgIpc) is 3.71. The molecule has 9 nitrogen and oxygen atoms in total. The minimum Gasteiger partial charge on any atom is -0.404 e. The lowest BCUT2D eigenvalue weighted by molar-refractivity contribution is -0.199. The molecule has 0 radical (unpaired) electrons. The summed E-state index contributed by atoms with van der Waals surface area (Å²) in [5, 5.41) is 3.24. The van der Waals surface area contributed by atoms with Gasteiger partial charge in [0.05, 0.1) is 36.1 Å². The first-order chi connectivity index (χ1) is 19.7. The second-order valence-corrected chi connectivity index (χ2v) is 13.1. The zero-order chi connectivity index (χ0) is 28.8. The van der Waals surface area contributed by atoms with Crippen molar-refractivity contribution in [2.75, 3.05) is 6.61 Å². The Labute approximate surface area is 242 Å². The van der Waals surface area contributed by atoms with E-state index in [-0.39, 0.29) is 53.1 Å². The van der Waals surface area contributed by atoms with Crippen LogP contribution in [0, 0.1) is 17.3 Å². The van der Waals surface area contributed by atoms with Gasteiger partial charge >= 0.3 is 7.12 Å². The number of amides is 2. The Morgan fingerprint density at radius 3 is 2.61 bits per heavy atom. The van der Waals surface area contributed by atoms with Crippen molar-refractivity contribution in [2.45, 2.75) is 95.4 Å². The summed E-state index contributed by atoms with van der Waals surface area (Å²) in [5.41, 5.74) is 6.91. The number of rotatable bonds is 12. The number of benzene rings is 1. The predicted molar refractivity (Wildman–Crippen MR) is 154 cm³/mol. The van der Waals surface area contributed by atoms with Crippen LogP contribution >= 0.6 is 0 Å². The molecule has 2 bridgehead atoms. The Morgan fingerprint density at radius 2 is 1.90 bits per heavy atom. The molecule has 2 aromatic rings. The third-order valence-electron chi connectivity index (χ3n) is 10.1. The van der Waals surface area contributed by atoms with Gasteiger partial charge < -0.3 is 25.1 Å². The van der Waals surface area contributed by atoms with Crippen molar-refractivity contribution in [2.24, 2.45) is 23.0 Å². The number of primary amides is 1. The number of carbonyl (C=O) groups excluding carboxylic acids is 2. The smallest absolute Gasteiger partial charge is 0.404 e. The molecule has 2 heterocycles. The van der Waals surface area contributed by atoms with Gasteiger partial charge in [-0.25, -0.2) is 4.98 Å². The lowest BCUT2D eigenvalue weighted by atomic mass is 9.43. The van der Waals surface area contributed by atoms with Gasteiger partial charge in [0.25, 0.3) is 5.91 Å². The van der Waals surface area contributed by atoms with Crippen LogP contribution in [0.25, 0.3) is 0 Å². The lowest BCUT2D eigenvalue weighted by Gasteiger charge is -2.64. The number of hydrogen-bond acceptors (Lipinski definition) is 7. The molecule has 41 heavy (non-hydrogen) atoms. The monoisotopic (exact) mass is 560 g/mol. The predicted octanol–water partition coefficient (Wildman–Crippen LogP) is 3.61. The fourth-order valence-corrected chi connectivity index (χ4v) is 7.34. The molecular weight excluding hydrogens is 519 g/mol. The van der Waals surface area contributed by atoms with Gasteiger partial charge in [0.1, 0.15) is 11.6 Å². The highest BCUT2D eigenvalue weighted by molar-refractivity contribution is 6.47. The molecule has 5 aliphatic rings. The van der Waals surface area contributed by atoms with E-state index in [0.717, 1.165) is 38.5 Å². The van der Waals surface area contributed by atoms with Crippen LogP contribution in [0.1, 0.15) is 87.0 Å². The fourth-order valence-electron chi connectivity index (χ4n) is 7.34. The van der Waals surface area contributed by atoms with Crippen molar-refractivity contribution < 1.29 is 23.6 Å². The number of aromatic nitrogens is 2.